The van der Waals surface area contributed by atoms with Gasteiger partial charge in [-0.25, -0.2) is 4.39 Å². The predicted octanol–water partition coefficient (Wildman–Crippen LogP) is 2.99. The first kappa shape index (κ1) is 20.7. The van der Waals surface area contributed by atoms with E-state index in [2.05, 4.69) is 12.6 Å². The van der Waals surface area contributed by atoms with Crippen molar-refractivity contribution in [1.82, 2.24) is 4.90 Å². The summed E-state index contributed by atoms with van der Waals surface area (Å²) in [7, 11) is 0. The van der Waals surface area contributed by atoms with E-state index in [1.54, 1.807) is 18.2 Å². The van der Waals surface area contributed by atoms with E-state index in [0.717, 1.165) is 17.5 Å². The summed E-state index contributed by atoms with van der Waals surface area (Å²) < 4.78 is 25.0. The Morgan fingerprint density at radius 2 is 2.03 bits per heavy atom. The van der Waals surface area contributed by atoms with Crippen LogP contribution in [0.15, 0.2) is 61.2 Å². The largest absolute Gasteiger partial charge is 0.370 e. The standard InChI is InChI=1S/C24H27FN2O3/c1-2-13-29-22-15-30-21(14-20(22)26)24(28)27-12-11-16-5-3-4-6-19(16)23(27)17-7-9-18(25)10-8-17/h2-10,20-23H,1,11-15,26H2/t20-,21+,22-,23-/m0/s1. The number of nitrogens with zero attached hydrogens (tertiary/aromatic N) is 1. The third kappa shape index (κ3) is 4.17. The van der Waals surface area contributed by atoms with E-state index in [1.165, 1.54) is 17.7 Å². The van der Waals surface area contributed by atoms with Crippen molar-refractivity contribution in [2.24, 2.45) is 5.73 Å². The first-order valence-electron chi connectivity index (χ1n) is 10.3. The molecule has 4 rings (SSSR count). The number of benzene rings is 2. The van der Waals surface area contributed by atoms with Crippen molar-refractivity contribution in [2.45, 2.75) is 37.1 Å². The molecule has 1 fully saturated rings. The van der Waals surface area contributed by atoms with Crippen molar-refractivity contribution in [3.63, 3.8) is 0 Å². The Balaban J connectivity index is 1.58. The Bertz CT molecular complexity index is 902. The summed E-state index contributed by atoms with van der Waals surface area (Å²) in [6.45, 7) is 4.89. The lowest BCUT2D eigenvalue weighted by molar-refractivity contribution is -0.157. The highest BCUT2D eigenvalue weighted by molar-refractivity contribution is 5.82. The number of carbonyl (C=O) groups is 1. The van der Waals surface area contributed by atoms with Gasteiger partial charge < -0.3 is 20.1 Å². The number of carbonyl (C=O) groups excluding carboxylic acids is 1. The fourth-order valence-electron chi connectivity index (χ4n) is 4.33. The van der Waals surface area contributed by atoms with E-state index in [1.807, 2.05) is 23.1 Å². The van der Waals surface area contributed by atoms with Crippen LogP contribution in [0.25, 0.3) is 0 Å². The van der Waals surface area contributed by atoms with Gasteiger partial charge in [0.25, 0.3) is 5.91 Å². The number of rotatable bonds is 5. The van der Waals surface area contributed by atoms with Crippen LogP contribution in [0.1, 0.15) is 29.2 Å². The number of nitrogens with two attached hydrogens (primary N) is 1. The SMILES string of the molecule is C=CCO[C@H]1CO[C@@H](C(=O)N2CCc3ccccc3[C@@H]2c2ccc(F)cc2)C[C@@H]1N. The third-order valence-corrected chi connectivity index (χ3v) is 5.88. The monoisotopic (exact) mass is 410 g/mol. The average molecular weight is 410 g/mol. The van der Waals surface area contributed by atoms with Crippen LogP contribution in [0, 0.1) is 5.82 Å². The van der Waals surface area contributed by atoms with Crippen LogP contribution in [0.3, 0.4) is 0 Å². The van der Waals surface area contributed by atoms with Gasteiger partial charge in [-0.1, -0.05) is 42.5 Å². The van der Waals surface area contributed by atoms with Crippen LogP contribution < -0.4 is 5.73 Å². The van der Waals surface area contributed by atoms with Crippen LogP contribution in [0.4, 0.5) is 4.39 Å². The molecular formula is C24H27FN2O3. The van der Waals surface area contributed by atoms with Crippen LogP contribution in [-0.2, 0) is 20.7 Å². The van der Waals surface area contributed by atoms with E-state index in [-0.39, 0.29) is 36.5 Å². The fourth-order valence-corrected chi connectivity index (χ4v) is 4.33. The molecule has 2 N–H and O–H groups in total. The van der Waals surface area contributed by atoms with Gasteiger partial charge in [0.15, 0.2) is 0 Å². The second-order valence-electron chi connectivity index (χ2n) is 7.82. The summed E-state index contributed by atoms with van der Waals surface area (Å²) in [5.74, 6) is -0.385. The molecule has 0 saturated carbocycles. The molecular weight excluding hydrogens is 383 g/mol. The van der Waals surface area contributed by atoms with Gasteiger partial charge in [0.1, 0.15) is 11.9 Å². The summed E-state index contributed by atoms with van der Waals surface area (Å²) in [4.78, 5) is 15.3. The maximum Gasteiger partial charge on any atom is 0.252 e. The minimum atomic E-state index is -0.614. The Hall–Kier alpha value is -2.54. The molecule has 2 heterocycles. The zero-order valence-corrected chi connectivity index (χ0v) is 16.9. The van der Waals surface area contributed by atoms with Crippen molar-refractivity contribution in [3.05, 3.63) is 83.7 Å². The molecule has 0 bridgehead atoms. The van der Waals surface area contributed by atoms with Crippen LogP contribution in [-0.4, -0.2) is 48.8 Å². The molecule has 1 saturated heterocycles. The second-order valence-corrected chi connectivity index (χ2v) is 7.82. The van der Waals surface area contributed by atoms with Crippen molar-refractivity contribution < 1.29 is 18.7 Å². The highest BCUT2D eigenvalue weighted by Crippen LogP contribution is 2.36. The molecule has 0 aliphatic carbocycles. The van der Waals surface area contributed by atoms with Gasteiger partial charge in [-0.05, 0) is 35.2 Å². The van der Waals surface area contributed by atoms with Gasteiger partial charge >= 0.3 is 0 Å². The molecule has 1 amide bonds. The van der Waals surface area contributed by atoms with E-state index in [9.17, 15) is 9.18 Å². The molecule has 6 heteroatoms. The lowest BCUT2D eigenvalue weighted by Gasteiger charge is -2.41. The third-order valence-electron chi connectivity index (χ3n) is 5.88. The van der Waals surface area contributed by atoms with E-state index in [0.29, 0.717) is 19.6 Å². The molecule has 0 radical (unpaired) electrons. The van der Waals surface area contributed by atoms with Gasteiger partial charge in [-0.15, -0.1) is 6.58 Å². The molecule has 0 unspecified atom stereocenters. The number of fused-ring (bicyclic) bond motifs is 1. The van der Waals surface area contributed by atoms with Gasteiger partial charge in [-0.3, -0.25) is 4.79 Å². The molecule has 2 aliphatic rings. The summed E-state index contributed by atoms with van der Waals surface area (Å²) in [5, 5.41) is 0. The molecule has 30 heavy (non-hydrogen) atoms. The highest BCUT2D eigenvalue weighted by Gasteiger charge is 2.39. The number of halogens is 1. The lowest BCUT2D eigenvalue weighted by Crippen LogP contribution is -2.54. The summed E-state index contributed by atoms with van der Waals surface area (Å²) in [6, 6.07) is 13.9. The van der Waals surface area contributed by atoms with Gasteiger partial charge in [0.05, 0.1) is 25.4 Å². The maximum absolute atomic E-state index is 13.5. The summed E-state index contributed by atoms with van der Waals surface area (Å²) in [6.07, 6.45) is 1.97. The van der Waals surface area contributed by atoms with E-state index < -0.39 is 6.10 Å². The van der Waals surface area contributed by atoms with Crippen molar-refractivity contribution in [1.29, 1.82) is 0 Å². The van der Waals surface area contributed by atoms with Gasteiger partial charge in [0, 0.05) is 19.0 Å². The quantitative estimate of drug-likeness (QED) is 0.770. The zero-order valence-electron chi connectivity index (χ0n) is 16.9. The molecule has 2 aliphatic heterocycles. The number of amides is 1. The highest BCUT2D eigenvalue weighted by atomic mass is 19.1. The van der Waals surface area contributed by atoms with Crippen LogP contribution >= 0.6 is 0 Å². The first-order chi connectivity index (χ1) is 14.6. The van der Waals surface area contributed by atoms with Crippen molar-refractivity contribution in [2.75, 3.05) is 19.8 Å². The molecule has 0 spiro atoms. The number of hydrogen-bond donors (Lipinski definition) is 1. The fraction of sp³-hybridized carbons (Fsp3) is 0.375. The summed E-state index contributed by atoms with van der Waals surface area (Å²) >= 11 is 0. The molecule has 158 valence electrons. The van der Waals surface area contributed by atoms with Crippen LogP contribution in [0.5, 0.6) is 0 Å². The molecule has 5 nitrogen and oxygen atoms in total. The Morgan fingerprint density at radius 3 is 2.77 bits per heavy atom. The van der Waals surface area contributed by atoms with Crippen molar-refractivity contribution in [3.8, 4) is 0 Å². The molecule has 0 aromatic heterocycles. The van der Waals surface area contributed by atoms with E-state index >= 15 is 0 Å². The van der Waals surface area contributed by atoms with Gasteiger partial charge in [-0.2, -0.15) is 0 Å². The molecule has 4 atom stereocenters. The number of hydrogen-bond acceptors (Lipinski definition) is 4. The minimum absolute atomic E-state index is 0.0866. The number of ether oxygens (including phenoxy) is 2. The smallest absolute Gasteiger partial charge is 0.252 e. The Labute approximate surface area is 176 Å². The average Bonchev–Trinajstić information content (AvgIpc) is 2.77. The molecule has 2 aromatic carbocycles. The van der Waals surface area contributed by atoms with Crippen LogP contribution in [0.2, 0.25) is 0 Å². The summed E-state index contributed by atoms with van der Waals surface area (Å²) in [5.41, 5.74) is 9.41. The normalized spacial score (nSPS) is 26.1. The van der Waals surface area contributed by atoms with Gasteiger partial charge in [0.2, 0.25) is 0 Å². The minimum Gasteiger partial charge on any atom is -0.370 e. The first-order valence-corrected chi connectivity index (χ1v) is 10.3. The maximum atomic E-state index is 13.5. The van der Waals surface area contributed by atoms with Crippen molar-refractivity contribution >= 4 is 5.91 Å². The zero-order chi connectivity index (χ0) is 21.1. The van der Waals surface area contributed by atoms with E-state index in [4.69, 9.17) is 15.2 Å². The molecule has 2 aromatic rings. The second kappa shape index (κ2) is 9.08. The predicted molar refractivity (Wildman–Crippen MR) is 112 cm³/mol. The Kier molecular flexibility index (Phi) is 6.27. The lowest BCUT2D eigenvalue weighted by atomic mass is 9.87. The Morgan fingerprint density at radius 1 is 1.27 bits per heavy atom. The topological polar surface area (TPSA) is 64.8 Å².